The molecule has 0 saturated carbocycles. The van der Waals surface area contributed by atoms with Gasteiger partial charge in [0.2, 0.25) is 0 Å². The van der Waals surface area contributed by atoms with Crippen LogP contribution in [-0.4, -0.2) is 11.7 Å². The number of hydrogen-bond donors (Lipinski definition) is 1. The lowest BCUT2D eigenvalue weighted by atomic mass is 10.1. The van der Waals surface area contributed by atoms with Gasteiger partial charge in [0.1, 0.15) is 19.0 Å². The van der Waals surface area contributed by atoms with E-state index in [2.05, 4.69) is 11.8 Å². The lowest BCUT2D eigenvalue weighted by Crippen LogP contribution is -1.99. The van der Waals surface area contributed by atoms with Gasteiger partial charge in [-0.2, -0.15) is 0 Å². The summed E-state index contributed by atoms with van der Waals surface area (Å²) in [6.45, 7) is 4.20. The second kappa shape index (κ2) is 7.17. The summed E-state index contributed by atoms with van der Waals surface area (Å²) in [6.07, 6.45) is 0. The summed E-state index contributed by atoms with van der Waals surface area (Å²) in [5.74, 6) is 6.38. The summed E-state index contributed by atoms with van der Waals surface area (Å²) in [5.41, 5.74) is 3.86. The van der Waals surface area contributed by atoms with Crippen LogP contribution in [0.1, 0.15) is 22.3 Å². The van der Waals surface area contributed by atoms with Crippen molar-refractivity contribution in [1.29, 1.82) is 0 Å². The van der Waals surface area contributed by atoms with Crippen LogP contribution < -0.4 is 4.74 Å². The van der Waals surface area contributed by atoms with E-state index < -0.39 is 0 Å². The molecule has 108 valence electrons. The number of benzene rings is 2. The van der Waals surface area contributed by atoms with Crippen molar-refractivity contribution < 1.29 is 9.84 Å². The third-order valence-corrected chi connectivity index (χ3v) is 3.72. The number of aryl methyl sites for hydroxylation is 2. The van der Waals surface area contributed by atoms with E-state index in [-0.39, 0.29) is 6.61 Å². The van der Waals surface area contributed by atoms with Gasteiger partial charge in [-0.15, -0.1) is 0 Å². The van der Waals surface area contributed by atoms with Crippen molar-refractivity contribution in [3.8, 4) is 17.6 Å². The molecular formula is C18H17ClO2. The molecule has 0 aromatic heterocycles. The molecule has 0 aliphatic rings. The van der Waals surface area contributed by atoms with E-state index in [1.54, 1.807) is 0 Å². The van der Waals surface area contributed by atoms with E-state index in [0.29, 0.717) is 6.61 Å². The first-order valence-corrected chi connectivity index (χ1v) is 7.07. The first kappa shape index (κ1) is 15.4. The smallest absolute Gasteiger partial charge is 0.120 e. The van der Waals surface area contributed by atoms with Crippen molar-refractivity contribution in [1.82, 2.24) is 0 Å². The van der Waals surface area contributed by atoms with E-state index in [4.69, 9.17) is 21.4 Å². The Hall–Kier alpha value is -1.95. The van der Waals surface area contributed by atoms with Crippen LogP contribution in [0.5, 0.6) is 5.75 Å². The fourth-order valence-electron chi connectivity index (χ4n) is 2.05. The van der Waals surface area contributed by atoms with Gasteiger partial charge in [0.15, 0.2) is 0 Å². The highest BCUT2D eigenvalue weighted by Crippen LogP contribution is 2.26. The molecule has 1 N–H and O–H groups in total. The number of hydrogen-bond acceptors (Lipinski definition) is 2. The van der Waals surface area contributed by atoms with Gasteiger partial charge in [0.25, 0.3) is 0 Å². The lowest BCUT2D eigenvalue weighted by Gasteiger charge is -2.11. The zero-order valence-corrected chi connectivity index (χ0v) is 12.9. The van der Waals surface area contributed by atoms with Crippen molar-refractivity contribution in [2.24, 2.45) is 0 Å². The maximum Gasteiger partial charge on any atom is 0.120 e. The maximum absolute atomic E-state index is 8.80. The summed E-state index contributed by atoms with van der Waals surface area (Å²) in [4.78, 5) is 0. The van der Waals surface area contributed by atoms with Gasteiger partial charge >= 0.3 is 0 Å². The van der Waals surface area contributed by atoms with E-state index in [1.165, 1.54) is 0 Å². The van der Waals surface area contributed by atoms with Gasteiger partial charge in [-0.05, 0) is 43.2 Å². The maximum atomic E-state index is 8.80. The average molecular weight is 301 g/mol. The van der Waals surface area contributed by atoms with Crippen molar-refractivity contribution >= 4 is 11.6 Å². The molecular weight excluding hydrogens is 284 g/mol. The minimum Gasteiger partial charge on any atom is -0.489 e. The molecule has 0 atom stereocenters. The van der Waals surface area contributed by atoms with Crippen molar-refractivity contribution in [2.45, 2.75) is 20.5 Å². The van der Waals surface area contributed by atoms with Crippen molar-refractivity contribution in [3.63, 3.8) is 0 Å². The molecule has 2 nitrogen and oxygen atoms in total. The SMILES string of the molecule is Cc1cc(OCc2ccccc2C#CCO)cc(C)c1Cl. The molecule has 0 saturated heterocycles. The molecule has 0 amide bonds. The monoisotopic (exact) mass is 300 g/mol. The third kappa shape index (κ3) is 4.01. The lowest BCUT2D eigenvalue weighted by molar-refractivity contribution is 0.305. The second-order valence-corrected chi connectivity index (χ2v) is 5.15. The van der Waals surface area contributed by atoms with E-state index >= 15 is 0 Å². The molecule has 0 fully saturated rings. The summed E-state index contributed by atoms with van der Waals surface area (Å²) in [6, 6.07) is 11.6. The fraction of sp³-hybridized carbons (Fsp3) is 0.222. The highest BCUT2D eigenvalue weighted by Gasteiger charge is 2.05. The largest absolute Gasteiger partial charge is 0.489 e. The highest BCUT2D eigenvalue weighted by molar-refractivity contribution is 6.32. The third-order valence-electron chi connectivity index (χ3n) is 3.12. The zero-order valence-electron chi connectivity index (χ0n) is 12.1. The van der Waals surface area contributed by atoms with Gasteiger partial charge < -0.3 is 9.84 Å². The molecule has 0 aliphatic carbocycles. The number of ether oxygens (including phenoxy) is 1. The molecule has 21 heavy (non-hydrogen) atoms. The standard InChI is InChI=1S/C18H17ClO2/c1-13-10-17(11-14(2)18(13)19)21-12-16-7-4-3-6-15(16)8-5-9-20/h3-4,6-7,10-11,20H,9,12H2,1-2H3. The molecule has 2 aromatic carbocycles. The Balaban J connectivity index is 2.17. The van der Waals surface area contributed by atoms with Crippen LogP contribution in [0.2, 0.25) is 5.02 Å². The zero-order chi connectivity index (χ0) is 15.2. The summed E-state index contributed by atoms with van der Waals surface area (Å²) in [5, 5.41) is 9.57. The van der Waals surface area contributed by atoms with Crippen molar-refractivity contribution in [2.75, 3.05) is 6.61 Å². The first-order valence-electron chi connectivity index (χ1n) is 6.69. The molecule has 3 heteroatoms. The number of aliphatic hydroxyl groups excluding tert-OH is 1. The van der Waals surface area contributed by atoms with Crippen LogP contribution in [0.25, 0.3) is 0 Å². The Labute approximate surface area is 130 Å². The van der Waals surface area contributed by atoms with Gasteiger partial charge in [0, 0.05) is 16.1 Å². The Morgan fingerprint density at radius 3 is 2.48 bits per heavy atom. The van der Waals surface area contributed by atoms with Crippen LogP contribution in [0.15, 0.2) is 36.4 Å². The molecule has 0 spiro atoms. The van der Waals surface area contributed by atoms with E-state index in [9.17, 15) is 0 Å². The van der Waals surface area contributed by atoms with Gasteiger partial charge in [-0.1, -0.05) is 41.6 Å². The Kier molecular flexibility index (Phi) is 5.27. The van der Waals surface area contributed by atoms with E-state index in [1.807, 2.05) is 50.2 Å². The number of halogens is 1. The van der Waals surface area contributed by atoms with Gasteiger partial charge in [-0.3, -0.25) is 0 Å². The number of aliphatic hydroxyl groups is 1. The van der Waals surface area contributed by atoms with Gasteiger partial charge in [-0.25, -0.2) is 0 Å². The topological polar surface area (TPSA) is 29.5 Å². The quantitative estimate of drug-likeness (QED) is 0.872. The van der Waals surface area contributed by atoms with E-state index in [0.717, 1.165) is 33.0 Å². The predicted molar refractivity (Wildman–Crippen MR) is 85.7 cm³/mol. The molecule has 2 aromatic rings. The Morgan fingerprint density at radius 2 is 1.81 bits per heavy atom. The second-order valence-electron chi connectivity index (χ2n) is 4.78. The fourth-order valence-corrected chi connectivity index (χ4v) is 2.16. The highest BCUT2D eigenvalue weighted by atomic mass is 35.5. The molecule has 0 unspecified atom stereocenters. The van der Waals surface area contributed by atoms with Crippen LogP contribution in [0.4, 0.5) is 0 Å². The van der Waals surface area contributed by atoms with Crippen LogP contribution >= 0.6 is 11.6 Å². The van der Waals surface area contributed by atoms with Crippen LogP contribution in [0.3, 0.4) is 0 Å². The molecule has 0 heterocycles. The van der Waals surface area contributed by atoms with Crippen molar-refractivity contribution in [3.05, 3.63) is 63.7 Å². The molecule has 0 radical (unpaired) electrons. The normalized spacial score (nSPS) is 9.90. The summed E-state index contributed by atoms with van der Waals surface area (Å²) < 4.78 is 5.84. The van der Waals surface area contributed by atoms with Crippen LogP contribution in [0, 0.1) is 25.7 Å². The van der Waals surface area contributed by atoms with Gasteiger partial charge in [0.05, 0.1) is 0 Å². The van der Waals surface area contributed by atoms with Crippen LogP contribution in [-0.2, 0) is 6.61 Å². The Morgan fingerprint density at radius 1 is 1.14 bits per heavy atom. The minimum atomic E-state index is -0.148. The first-order chi connectivity index (χ1) is 10.1. The average Bonchev–Trinajstić information content (AvgIpc) is 2.49. The molecule has 2 rings (SSSR count). The number of rotatable bonds is 3. The summed E-state index contributed by atoms with van der Waals surface area (Å²) >= 11 is 6.15. The Bertz CT molecular complexity index is 673. The predicted octanol–water partition coefficient (Wildman–Crippen LogP) is 3.88. The molecule has 0 bridgehead atoms. The minimum absolute atomic E-state index is 0.148. The summed E-state index contributed by atoms with van der Waals surface area (Å²) in [7, 11) is 0. The molecule has 0 aliphatic heterocycles.